The molecule has 0 aliphatic heterocycles. The summed E-state index contributed by atoms with van der Waals surface area (Å²) in [4.78, 5) is 11.2. The standard InChI is InChI=1S/C12H18O3/c1-4-9-6-7-12(5-2,11(13)14)8-10(9)15-3/h6-9H,4-5H2,1-3H3,(H,13,14). The molecular formula is C12H18O3. The molecular weight excluding hydrogens is 192 g/mol. The van der Waals surface area contributed by atoms with Gasteiger partial charge in [0.15, 0.2) is 0 Å². The number of hydrogen-bond acceptors (Lipinski definition) is 2. The predicted octanol–water partition coefficient (Wildman–Crippen LogP) is 2.59. The molecule has 0 fully saturated rings. The van der Waals surface area contributed by atoms with E-state index in [0.29, 0.717) is 6.42 Å². The van der Waals surface area contributed by atoms with Crippen LogP contribution >= 0.6 is 0 Å². The fraction of sp³-hybridized carbons (Fsp3) is 0.583. The van der Waals surface area contributed by atoms with Crippen molar-refractivity contribution in [3.05, 3.63) is 24.0 Å². The van der Waals surface area contributed by atoms with Crippen molar-refractivity contribution >= 4 is 5.97 Å². The Hall–Kier alpha value is -1.25. The number of carboxylic acid groups (broad SMARTS) is 1. The maximum atomic E-state index is 11.2. The van der Waals surface area contributed by atoms with Gasteiger partial charge in [0, 0.05) is 5.92 Å². The number of rotatable bonds is 4. The van der Waals surface area contributed by atoms with Crippen LogP contribution in [0.2, 0.25) is 0 Å². The molecule has 0 heterocycles. The average Bonchev–Trinajstić information content (AvgIpc) is 2.27. The topological polar surface area (TPSA) is 46.5 Å². The summed E-state index contributed by atoms with van der Waals surface area (Å²) in [6.45, 7) is 3.93. The second-order valence-electron chi connectivity index (χ2n) is 3.82. The molecule has 0 saturated heterocycles. The molecule has 0 bridgehead atoms. The minimum absolute atomic E-state index is 0.217. The summed E-state index contributed by atoms with van der Waals surface area (Å²) < 4.78 is 5.25. The lowest BCUT2D eigenvalue weighted by atomic mass is 9.78. The third kappa shape index (κ3) is 2.06. The first-order chi connectivity index (χ1) is 7.09. The number of ether oxygens (including phenoxy) is 1. The highest BCUT2D eigenvalue weighted by Crippen LogP contribution is 2.36. The number of carboxylic acids is 1. The maximum absolute atomic E-state index is 11.2. The zero-order valence-corrected chi connectivity index (χ0v) is 9.49. The van der Waals surface area contributed by atoms with Gasteiger partial charge in [-0.25, -0.2) is 0 Å². The molecule has 0 amide bonds. The van der Waals surface area contributed by atoms with Crippen LogP contribution in [-0.2, 0) is 9.53 Å². The third-order valence-corrected chi connectivity index (χ3v) is 3.05. The van der Waals surface area contributed by atoms with Crippen LogP contribution in [-0.4, -0.2) is 18.2 Å². The van der Waals surface area contributed by atoms with Gasteiger partial charge in [-0.15, -0.1) is 0 Å². The molecule has 15 heavy (non-hydrogen) atoms. The smallest absolute Gasteiger partial charge is 0.317 e. The number of allylic oxidation sites excluding steroid dienone is 1. The second kappa shape index (κ2) is 4.51. The Balaban J connectivity index is 3.06. The first kappa shape index (κ1) is 11.8. The Morgan fingerprint density at radius 1 is 1.60 bits per heavy atom. The Labute approximate surface area is 90.4 Å². The lowest BCUT2D eigenvalue weighted by Crippen LogP contribution is -2.29. The van der Waals surface area contributed by atoms with Gasteiger partial charge in [0.25, 0.3) is 0 Å². The highest BCUT2D eigenvalue weighted by molar-refractivity contribution is 5.80. The van der Waals surface area contributed by atoms with E-state index < -0.39 is 11.4 Å². The molecule has 0 spiro atoms. The van der Waals surface area contributed by atoms with Crippen molar-refractivity contribution < 1.29 is 14.6 Å². The first-order valence-corrected chi connectivity index (χ1v) is 5.29. The summed E-state index contributed by atoms with van der Waals surface area (Å²) in [6, 6.07) is 0. The molecule has 3 nitrogen and oxygen atoms in total. The Kier molecular flexibility index (Phi) is 3.56. The van der Waals surface area contributed by atoms with Crippen molar-refractivity contribution in [2.45, 2.75) is 26.7 Å². The summed E-state index contributed by atoms with van der Waals surface area (Å²) in [5.41, 5.74) is -0.878. The monoisotopic (exact) mass is 210 g/mol. The summed E-state index contributed by atoms with van der Waals surface area (Å²) >= 11 is 0. The molecule has 2 atom stereocenters. The summed E-state index contributed by atoms with van der Waals surface area (Å²) in [5.74, 6) is 0.170. The SMILES string of the molecule is CCC1C=CC(CC)(C(=O)O)C=C1OC. The number of carbonyl (C=O) groups is 1. The van der Waals surface area contributed by atoms with E-state index >= 15 is 0 Å². The number of aliphatic carboxylic acids is 1. The van der Waals surface area contributed by atoms with Crippen LogP contribution in [0.4, 0.5) is 0 Å². The maximum Gasteiger partial charge on any atom is 0.317 e. The van der Waals surface area contributed by atoms with E-state index in [2.05, 4.69) is 6.92 Å². The molecule has 1 aliphatic carbocycles. The van der Waals surface area contributed by atoms with E-state index in [9.17, 15) is 9.90 Å². The Morgan fingerprint density at radius 2 is 2.27 bits per heavy atom. The Bertz CT molecular complexity index is 304. The fourth-order valence-electron chi connectivity index (χ4n) is 1.84. The lowest BCUT2D eigenvalue weighted by molar-refractivity contribution is -0.144. The molecule has 2 unspecified atom stereocenters. The molecule has 84 valence electrons. The van der Waals surface area contributed by atoms with Crippen LogP contribution < -0.4 is 0 Å². The number of methoxy groups -OCH3 is 1. The zero-order valence-electron chi connectivity index (χ0n) is 9.49. The van der Waals surface area contributed by atoms with Crippen molar-refractivity contribution in [3.63, 3.8) is 0 Å². The average molecular weight is 210 g/mol. The first-order valence-electron chi connectivity index (χ1n) is 5.29. The van der Waals surface area contributed by atoms with E-state index in [0.717, 1.165) is 12.2 Å². The molecule has 1 aliphatic rings. The summed E-state index contributed by atoms with van der Waals surface area (Å²) in [6.07, 6.45) is 6.93. The quantitative estimate of drug-likeness (QED) is 0.725. The molecule has 0 saturated carbocycles. The highest BCUT2D eigenvalue weighted by atomic mass is 16.5. The number of hydrogen-bond donors (Lipinski definition) is 1. The summed E-state index contributed by atoms with van der Waals surface area (Å²) in [5, 5.41) is 9.21. The van der Waals surface area contributed by atoms with Crippen LogP contribution in [0.15, 0.2) is 24.0 Å². The lowest BCUT2D eigenvalue weighted by Gasteiger charge is -2.28. The minimum Gasteiger partial charge on any atom is -0.501 e. The van der Waals surface area contributed by atoms with Gasteiger partial charge >= 0.3 is 5.97 Å². The third-order valence-electron chi connectivity index (χ3n) is 3.05. The van der Waals surface area contributed by atoms with Gasteiger partial charge in [-0.05, 0) is 18.9 Å². The van der Waals surface area contributed by atoms with E-state index in [4.69, 9.17) is 4.74 Å². The van der Waals surface area contributed by atoms with Crippen molar-refractivity contribution in [3.8, 4) is 0 Å². The van der Waals surface area contributed by atoms with Crippen molar-refractivity contribution in [1.29, 1.82) is 0 Å². The van der Waals surface area contributed by atoms with Gasteiger partial charge in [0.1, 0.15) is 5.41 Å². The van der Waals surface area contributed by atoms with Gasteiger partial charge < -0.3 is 9.84 Å². The van der Waals surface area contributed by atoms with Crippen LogP contribution in [0, 0.1) is 11.3 Å². The normalized spacial score (nSPS) is 29.8. The van der Waals surface area contributed by atoms with Gasteiger partial charge in [-0.3, -0.25) is 4.79 Å². The molecule has 1 rings (SSSR count). The van der Waals surface area contributed by atoms with Gasteiger partial charge in [0.2, 0.25) is 0 Å². The van der Waals surface area contributed by atoms with E-state index in [1.54, 1.807) is 19.3 Å². The highest BCUT2D eigenvalue weighted by Gasteiger charge is 2.36. The van der Waals surface area contributed by atoms with Crippen LogP contribution in [0.3, 0.4) is 0 Å². The zero-order chi connectivity index (χ0) is 11.5. The molecule has 3 heteroatoms. The van der Waals surface area contributed by atoms with Crippen molar-refractivity contribution in [2.75, 3.05) is 7.11 Å². The molecule has 0 aromatic rings. The van der Waals surface area contributed by atoms with Crippen LogP contribution in [0.1, 0.15) is 26.7 Å². The van der Waals surface area contributed by atoms with E-state index in [1.165, 1.54) is 0 Å². The largest absolute Gasteiger partial charge is 0.501 e. The fourth-order valence-corrected chi connectivity index (χ4v) is 1.84. The van der Waals surface area contributed by atoms with Crippen LogP contribution in [0.5, 0.6) is 0 Å². The van der Waals surface area contributed by atoms with E-state index in [1.807, 2.05) is 13.0 Å². The second-order valence-corrected chi connectivity index (χ2v) is 3.82. The minimum atomic E-state index is -0.878. The van der Waals surface area contributed by atoms with Gasteiger partial charge in [-0.1, -0.05) is 26.0 Å². The van der Waals surface area contributed by atoms with E-state index in [-0.39, 0.29) is 5.92 Å². The van der Waals surface area contributed by atoms with Gasteiger partial charge in [-0.2, -0.15) is 0 Å². The molecule has 0 radical (unpaired) electrons. The van der Waals surface area contributed by atoms with Crippen molar-refractivity contribution in [1.82, 2.24) is 0 Å². The molecule has 0 aromatic heterocycles. The predicted molar refractivity (Wildman–Crippen MR) is 58.4 cm³/mol. The summed E-state index contributed by atoms with van der Waals surface area (Å²) in [7, 11) is 1.59. The molecule has 0 aromatic carbocycles. The molecule has 1 N–H and O–H groups in total. The van der Waals surface area contributed by atoms with Gasteiger partial charge in [0.05, 0.1) is 12.9 Å². The Morgan fingerprint density at radius 3 is 2.67 bits per heavy atom. The van der Waals surface area contributed by atoms with Crippen molar-refractivity contribution in [2.24, 2.45) is 11.3 Å². The van der Waals surface area contributed by atoms with Crippen LogP contribution in [0.25, 0.3) is 0 Å².